The average molecular weight is 534 g/mol. The van der Waals surface area contributed by atoms with Gasteiger partial charge in [0.25, 0.3) is 4.62 Å². The predicted octanol–water partition coefficient (Wildman–Crippen LogP) is 5.15. The number of hydrogen-bond acceptors (Lipinski definition) is 2. The van der Waals surface area contributed by atoms with Crippen molar-refractivity contribution in [2.24, 2.45) is 0 Å². The van der Waals surface area contributed by atoms with Gasteiger partial charge in [-0.05, 0) is 48.5 Å². The van der Waals surface area contributed by atoms with Crippen molar-refractivity contribution in [3.05, 3.63) is 127 Å². The molecule has 4 rings (SSSR count). The summed E-state index contributed by atoms with van der Waals surface area (Å²) in [5.41, 5.74) is -3.96. The highest BCUT2D eigenvalue weighted by molar-refractivity contribution is 7.98. The smallest absolute Gasteiger partial charge is 0.397 e. The minimum Gasteiger partial charge on any atom is -0.828 e. The van der Waals surface area contributed by atoms with Crippen LogP contribution >= 0.6 is 18.9 Å². The molecule has 4 aromatic carbocycles. The first-order valence-corrected chi connectivity index (χ1v) is 13.4. The van der Waals surface area contributed by atoms with Crippen LogP contribution in [0.4, 0.5) is 13.2 Å². The Morgan fingerprint density at radius 2 is 1.00 bits per heavy atom. The van der Waals surface area contributed by atoms with Crippen molar-refractivity contribution < 1.29 is 18.3 Å². The van der Waals surface area contributed by atoms with E-state index in [1.54, 1.807) is 115 Å². The molecule has 2 atom stereocenters. The van der Waals surface area contributed by atoms with Crippen molar-refractivity contribution in [3.63, 3.8) is 0 Å². The molecule has 0 aliphatic heterocycles. The molecule has 0 radical (unpaired) electrons. The second-order valence-corrected chi connectivity index (χ2v) is 12.6. The van der Waals surface area contributed by atoms with Gasteiger partial charge in [-0.3, -0.25) is 0 Å². The van der Waals surface area contributed by atoms with Gasteiger partial charge in [0.1, 0.15) is 34.8 Å². The third-order valence-electron chi connectivity index (χ3n) is 6.06. The maximum Gasteiger partial charge on any atom is 0.397 e. The van der Waals surface area contributed by atoms with Crippen molar-refractivity contribution in [1.82, 2.24) is 0 Å². The normalized spacial score (nSPS) is 14.8. The molecule has 0 spiro atoms. The first-order valence-electron chi connectivity index (χ1n) is 11.2. The van der Waals surface area contributed by atoms with Crippen molar-refractivity contribution in [1.29, 1.82) is 5.26 Å². The molecule has 0 amide bonds. The zero-order valence-corrected chi connectivity index (χ0v) is 21.0. The number of hydrogen-bond donors (Lipinski definition) is 0. The lowest BCUT2D eigenvalue weighted by Crippen LogP contribution is -2.70. The average Bonchev–Trinajstić information content (AvgIpc) is 2.93. The van der Waals surface area contributed by atoms with E-state index in [9.17, 15) is 23.5 Å². The molecule has 0 fully saturated rings. The zero-order chi connectivity index (χ0) is 26.6. The fourth-order valence-corrected chi connectivity index (χ4v) is 10.0. The number of rotatable bonds is 5. The minimum absolute atomic E-state index is 0.201. The van der Waals surface area contributed by atoms with E-state index in [1.807, 2.05) is 5.92 Å². The van der Waals surface area contributed by atoms with E-state index in [-0.39, 0.29) is 5.56 Å². The van der Waals surface area contributed by atoms with E-state index < -0.39 is 23.7 Å². The Hall–Kier alpha value is -3.60. The molecule has 0 saturated heterocycles. The van der Waals surface area contributed by atoms with Gasteiger partial charge in [-0.25, -0.2) is 0 Å². The number of nitriles is 1. The quantitative estimate of drug-likeness (QED) is 0.202. The van der Waals surface area contributed by atoms with E-state index in [1.165, 1.54) is 12.1 Å². The molecule has 2 unspecified atom stereocenters. The second-order valence-electron chi connectivity index (χ2n) is 8.21. The van der Waals surface area contributed by atoms with Gasteiger partial charge in [-0.2, -0.15) is 18.4 Å². The Bertz CT molecular complexity index is 1350. The summed E-state index contributed by atoms with van der Waals surface area (Å²) in [5, 5.41) is 25.9. The van der Waals surface area contributed by atoms with Crippen LogP contribution in [-0.4, -0.2) is 16.4 Å². The second kappa shape index (κ2) is 10.4. The van der Waals surface area contributed by atoms with Crippen LogP contribution in [0.25, 0.3) is 0 Å². The summed E-state index contributed by atoms with van der Waals surface area (Å²) in [4.78, 5) is 0. The maximum absolute atomic E-state index is 14.9. The summed E-state index contributed by atoms with van der Waals surface area (Å²) >= 11 is 6.96. The molecule has 37 heavy (non-hydrogen) atoms. The lowest BCUT2D eigenvalue weighted by molar-refractivity contribution is -0.517. The summed E-state index contributed by atoms with van der Waals surface area (Å²) in [7, 11) is -3.85. The first-order chi connectivity index (χ1) is 17.7. The van der Waals surface area contributed by atoms with Gasteiger partial charge in [0.05, 0.1) is 0 Å². The lowest BCUT2D eigenvalue weighted by atomic mass is 9.98. The Morgan fingerprint density at radius 1 is 0.649 bits per heavy atom. The largest absolute Gasteiger partial charge is 0.828 e. The molecule has 7 heteroatoms. The van der Waals surface area contributed by atoms with E-state index in [2.05, 4.69) is 5.92 Å². The van der Waals surface area contributed by atoms with E-state index in [0.717, 1.165) is 0 Å². The van der Waals surface area contributed by atoms with Crippen LogP contribution in [0, 0.1) is 23.2 Å². The number of nitrogens with zero attached hydrogens (tertiary/aromatic N) is 1. The Morgan fingerprint density at radius 3 is 1.32 bits per heavy atom. The van der Waals surface area contributed by atoms with Gasteiger partial charge in [0.2, 0.25) is 0 Å². The standard InChI is InChI=1S/C30H20ClF3NOP/c31-29(23-35,28(36,30(32,33)34)22-21-24-13-5-1-6-14-24)37(25-15-7-2-8-16-25,26-17-9-3-10-18-26)27-19-11-4-12-20-27/h1-20H. The highest BCUT2D eigenvalue weighted by Gasteiger charge is 2.75. The number of halogens is 4. The number of benzene rings is 4. The highest BCUT2D eigenvalue weighted by atomic mass is 35.5. The molecule has 0 saturated carbocycles. The number of alkyl halides is 4. The van der Waals surface area contributed by atoms with Gasteiger partial charge >= 0.3 is 6.18 Å². The van der Waals surface area contributed by atoms with Crippen LogP contribution in [0.2, 0.25) is 0 Å². The van der Waals surface area contributed by atoms with E-state index in [4.69, 9.17) is 11.6 Å². The van der Waals surface area contributed by atoms with Crippen LogP contribution in [0.5, 0.6) is 0 Å². The highest BCUT2D eigenvalue weighted by Crippen LogP contribution is 2.72. The van der Waals surface area contributed by atoms with Gasteiger partial charge < -0.3 is 5.11 Å². The Labute approximate surface area is 219 Å². The fourth-order valence-electron chi connectivity index (χ4n) is 4.35. The fraction of sp³-hybridized carbons (Fsp3) is 0.100. The van der Waals surface area contributed by atoms with Crippen molar-refractivity contribution in [2.45, 2.75) is 16.4 Å². The van der Waals surface area contributed by atoms with E-state index >= 15 is 0 Å². The van der Waals surface area contributed by atoms with Crippen LogP contribution in [0.3, 0.4) is 0 Å². The molecule has 0 aromatic heterocycles. The van der Waals surface area contributed by atoms with Gasteiger partial charge in [-0.1, -0.05) is 96.2 Å². The van der Waals surface area contributed by atoms with Crippen LogP contribution in [0.15, 0.2) is 121 Å². The molecule has 2 nitrogen and oxygen atoms in total. The maximum atomic E-state index is 14.9. The topological polar surface area (TPSA) is 46.8 Å². The zero-order valence-electron chi connectivity index (χ0n) is 19.4. The van der Waals surface area contributed by atoms with Crippen LogP contribution < -0.4 is 21.0 Å². The van der Waals surface area contributed by atoms with E-state index in [0.29, 0.717) is 15.9 Å². The molecular weight excluding hydrogens is 514 g/mol. The molecular formula is C30H20ClF3NOP. The Kier molecular flexibility index (Phi) is 7.44. The van der Waals surface area contributed by atoms with Crippen LogP contribution in [-0.2, 0) is 0 Å². The lowest BCUT2D eigenvalue weighted by Gasteiger charge is -2.50. The summed E-state index contributed by atoms with van der Waals surface area (Å²) in [5.74, 6) is 4.26. The first kappa shape index (κ1) is 26.5. The summed E-state index contributed by atoms with van der Waals surface area (Å²) < 4.78 is 41.7. The third-order valence-corrected chi connectivity index (χ3v) is 11.7. The predicted molar refractivity (Wildman–Crippen MR) is 141 cm³/mol. The molecule has 184 valence electrons. The van der Waals surface area contributed by atoms with Gasteiger partial charge in [0, 0.05) is 5.56 Å². The van der Waals surface area contributed by atoms with Crippen LogP contribution in [0.1, 0.15) is 5.56 Å². The molecule has 4 aromatic rings. The Balaban J connectivity index is 2.18. The van der Waals surface area contributed by atoms with Crippen molar-refractivity contribution in [2.75, 3.05) is 0 Å². The third kappa shape index (κ3) is 4.41. The summed E-state index contributed by atoms with van der Waals surface area (Å²) in [6, 6.07) is 34.2. The van der Waals surface area contributed by atoms with Crippen molar-refractivity contribution >= 4 is 34.8 Å². The molecule has 0 aliphatic rings. The molecule has 0 aliphatic carbocycles. The molecule has 0 heterocycles. The van der Waals surface area contributed by atoms with Gasteiger partial charge in [0.15, 0.2) is 0 Å². The SMILES string of the molecule is N#CC(Cl)(C([O-])(C#Cc1ccccc1)C(F)(F)F)[P+](c1ccccc1)(c1ccccc1)c1ccccc1. The summed E-state index contributed by atoms with van der Waals surface area (Å²) in [6.45, 7) is 0. The van der Waals surface area contributed by atoms with Crippen molar-refractivity contribution in [3.8, 4) is 17.9 Å². The minimum atomic E-state index is -5.49. The summed E-state index contributed by atoms with van der Waals surface area (Å²) in [6.07, 6.45) is -5.49. The van der Waals surface area contributed by atoms with Gasteiger partial charge in [-0.15, -0.1) is 0 Å². The molecule has 0 bridgehead atoms. The monoisotopic (exact) mass is 533 g/mol. The molecule has 0 N–H and O–H groups in total.